The largest absolute Gasteiger partial charge is 0.399 e. The number of nitrogens with two attached hydrogens (primary N) is 1. The van der Waals surface area contributed by atoms with Crippen molar-refractivity contribution >= 4 is 21.4 Å². The van der Waals surface area contributed by atoms with Crippen molar-refractivity contribution in [3.05, 3.63) is 18.2 Å². The predicted molar refractivity (Wildman–Crippen MR) is 61.6 cm³/mol. The van der Waals surface area contributed by atoms with E-state index in [2.05, 4.69) is 10.0 Å². The van der Waals surface area contributed by atoms with Crippen molar-refractivity contribution in [2.75, 3.05) is 24.6 Å². The smallest absolute Gasteiger partial charge is 0.255 e. The summed E-state index contributed by atoms with van der Waals surface area (Å²) >= 11 is 0. The molecule has 17 heavy (non-hydrogen) atoms. The highest BCUT2D eigenvalue weighted by molar-refractivity contribution is 7.89. The van der Waals surface area contributed by atoms with Crippen LogP contribution in [0.3, 0.4) is 0 Å². The van der Waals surface area contributed by atoms with Gasteiger partial charge in [-0.1, -0.05) is 0 Å². The molecule has 1 aromatic rings. The molecule has 0 aliphatic heterocycles. The maximum Gasteiger partial charge on any atom is 0.255 e. The lowest BCUT2D eigenvalue weighted by atomic mass is 10.3. The Balaban J connectivity index is 3.13. The highest BCUT2D eigenvalue weighted by atomic mass is 32.2. The van der Waals surface area contributed by atoms with Crippen LogP contribution in [0.4, 0.5) is 20.2 Å². The molecule has 0 spiro atoms. The zero-order valence-electron chi connectivity index (χ0n) is 9.07. The minimum absolute atomic E-state index is 0.0915. The lowest BCUT2D eigenvalue weighted by molar-refractivity contribution is 0.163. The number of hydrogen-bond acceptors (Lipinski definition) is 4. The van der Waals surface area contributed by atoms with Crippen LogP contribution in [-0.2, 0) is 10.0 Å². The van der Waals surface area contributed by atoms with E-state index < -0.39 is 23.0 Å². The number of anilines is 2. The van der Waals surface area contributed by atoms with Crippen molar-refractivity contribution in [3.8, 4) is 0 Å². The third kappa shape index (κ3) is 3.53. The zero-order valence-corrected chi connectivity index (χ0v) is 9.89. The van der Waals surface area contributed by atoms with Crippen LogP contribution >= 0.6 is 0 Å². The van der Waals surface area contributed by atoms with Crippen molar-refractivity contribution in [3.63, 3.8) is 0 Å². The van der Waals surface area contributed by atoms with Gasteiger partial charge < -0.3 is 11.1 Å². The van der Waals surface area contributed by atoms with Gasteiger partial charge >= 0.3 is 0 Å². The molecule has 0 heterocycles. The van der Waals surface area contributed by atoms with E-state index in [0.29, 0.717) is 0 Å². The number of nitrogen functional groups attached to an aromatic ring is 1. The number of alkyl halides is 2. The van der Waals surface area contributed by atoms with Crippen molar-refractivity contribution < 1.29 is 17.2 Å². The van der Waals surface area contributed by atoms with Crippen molar-refractivity contribution in [1.29, 1.82) is 0 Å². The summed E-state index contributed by atoms with van der Waals surface area (Å²) in [6, 6.07) is 3.99. The lowest BCUT2D eigenvalue weighted by Crippen LogP contribution is -2.21. The third-order valence-corrected chi connectivity index (χ3v) is 3.46. The molecule has 0 atom stereocenters. The second-order valence-electron chi connectivity index (χ2n) is 3.24. The van der Waals surface area contributed by atoms with Gasteiger partial charge in [-0.05, 0) is 25.2 Å². The monoisotopic (exact) mass is 265 g/mol. The summed E-state index contributed by atoms with van der Waals surface area (Å²) in [6.07, 6.45) is -2.57. The van der Waals surface area contributed by atoms with Crippen LogP contribution in [0.2, 0.25) is 0 Å². The Morgan fingerprint density at radius 2 is 2.06 bits per heavy atom. The van der Waals surface area contributed by atoms with E-state index in [1.54, 1.807) is 0 Å². The summed E-state index contributed by atoms with van der Waals surface area (Å²) in [4.78, 5) is -0.152. The summed E-state index contributed by atoms with van der Waals surface area (Å²) in [5, 5.41) is 2.36. The summed E-state index contributed by atoms with van der Waals surface area (Å²) in [5.41, 5.74) is 5.80. The normalized spacial score (nSPS) is 11.8. The highest BCUT2D eigenvalue weighted by Gasteiger charge is 2.17. The first-order chi connectivity index (χ1) is 7.86. The number of hydrogen-bond donors (Lipinski definition) is 3. The van der Waals surface area contributed by atoms with Crippen LogP contribution < -0.4 is 15.8 Å². The van der Waals surface area contributed by atoms with Gasteiger partial charge in [0.1, 0.15) is 4.90 Å². The molecule has 0 unspecified atom stereocenters. The second kappa shape index (κ2) is 5.28. The molecule has 4 N–H and O–H groups in total. The molecular weight excluding hydrogens is 252 g/mol. The average molecular weight is 265 g/mol. The zero-order chi connectivity index (χ0) is 13.1. The highest BCUT2D eigenvalue weighted by Crippen LogP contribution is 2.23. The number of rotatable bonds is 5. The van der Waals surface area contributed by atoms with Gasteiger partial charge in [-0.25, -0.2) is 21.9 Å². The molecule has 0 aromatic heterocycles. The first-order valence-corrected chi connectivity index (χ1v) is 6.20. The maximum absolute atomic E-state index is 12.1. The first kappa shape index (κ1) is 13.7. The summed E-state index contributed by atoms with van der Waals surface area (Å²) in [6.45, 7) is -0.629. The molecule has 96 valence electrons. The Kier molecular flexibility index (Phi) is 4.24. The van der Waals surface area contributed by atoms with Crippen molar-refractivity contribution in [1.82, 2.24) is 4.72 Å². The number of halogens is 2. The van der Waals surface area contributed by atoms with E-state index in [-0.39, 0.29) is 16.3 Å². The third-order valence-electron chi connectivity index (χ3n) is 2.01. The Bertz CT molecular complexity index is 491. The molecule has 0 radical (unpaired) electrons. The molecule has 0 saturated heterocycles. The van der Waals surface area contributed by atoms with Gasteiger partial charge in [0.05, 0.1) is 12.2 Å². The maximum atomic E-state index is 12.1. The fraction of sp³-hybridized carbons (Fsp3) is 0.333. The van der Waals surface area contributed by atoms with E-state index in [0.717, 1.165) is 0 Å². The van der Waals surface area contributed by atoms with Crippen LogP contribution in [0.1, 0.15) is 0 Å². The molecule has 0 saturated carbocycles. The second-order valence-corrected chi connectivity index (χ2v) is 5.09. The summed E-state index contributed by atoms with van der Waals surface area (Å²) in [7, 11) is -2.51. The van der Waals surface area contributed by atoms with Gasteiger partial charge in [-0.2, -0.15) is 0 Å². The Hall–Kier alpha value is -1.41. The predicted octanol–water partition coefficient (Wildman–Crippen LogP) is 0.854. The molecule has 5 nitrogen and oxygen atoms in total. The molecule has 1 rings (SSSR count). The fourth-order valence-corrected chi connectivity index (χ4v) is 2.15. The minimum Gasteiger partial charge on any atom is -0.399 e. The summed E-state index contributed by atoms with van der Waals surface area (Å²) < 4.78 is 49.5. The van der Waals surface area contributed by atoms with Gasteiger partial charge in [0.2, 0.25) is 10.0 Å². The van der Waals surface area contributed by atoms with Crippen LogP contribution in [0, 0.1) is 0 Å². The summed E-state index contributed by atoms with van der Waals surface area (Å²) in [5.74, 6) is 0. The molecule has 0 fully saturated rings. The molecule has 8 heteroatoms. The Labute approximate surface area is 98.1 Å². The molecule has 0 aliphatic carbocycles. The standard InChI is InChI=1S/C9H13F2N3O2S/c1-13-17(15,16)8-4-6(12)2-3-7(8)14-5-9(10)11/h2-4,9,13-14H,5,12H2,1H3. The van der Waals surface area contributed by atoms with E-state index in [4.69, 9.17) is 5.73 Å². The van der Waals surface area contributed by atoms with Gasteiger partial charge in [0.15, 0.2) is 0 Å². The molecule has 0 bridgehead atoms. The van der Waals surface area contributed by atoms with E-state index in [1.807, 2.05) is 0 Å². The lowest BCUT2D eigenvalue weighted by Gasteiger charge is -2.12. The quantitative estimate of drug-likeness (QED) is 0.689. The van der Waals surface area contributed by atoms with Crippen LogP contribution in [0.15, 0.2) is 23.1 Å². The van der Waals surface area contributed by atoms with Crippen LogP contribution in [0.5, 0.6) is 0 Å². The average Bonchev–Trinajstić information content (AvgIpc) is 2.27. The van der Waals surface area contributed by atoms with Crippen LogP contribution in [-0.4, -0.2) is 28.4 Å². The SMILES string of the molecule is CNS(=O)(=O)c1cc(N)ccc1NCC(F)F. The van der Waals surface area contributed by atoms with Crippen molar-refractivity contribution in [2.45, 2.75) is 11.3 Å². The van der Waals surface area contributed by atoms with Crippen molar-refractivity contribution in [2.24, 2.45) is 0 Å². The molecule has 1 aromatic carbocycles. The minimum atomic E-state index is -3.74. The molecular formula is C9H13F2N3O2S. The van der Waals surface area contributed by atoms with E-state index in [9.17, 15) is 17.2 Å². The topological polar surface area (TPSA) is 84.2 Å². The van der Waals surface area contributed by atoms with E-state index in [1.165, 1.54) is 25.2 Å². The van der Waals surface area contributed by atoms with Gasteiger partial charge in [0, 0.05) is 5.69 Å². The Morgan fingerprint density at radius 3 is 2.59 bits per heavy atom. The van der Waals surface area contributed by atoms with Gasteiger partial charge in [-0.3, -0.25) is 0 Å². The first-order valence-electron chi connectivity index (χ1n) is 4.72. The van der Waals surface area contributed by atoms with E-state index >= 15 is 0 Å². The van der Waals surface area contributed by atoms with Gasteiger partial charge in [-0.15, -0.1) is 0 Å². The molecule has 0 aliphatic rings. The molecule has 0 amide bonds. The Morgan fingerprint density at radius 1 is 1.41 bits per heavy atom. The van der Waals surface area contributed by atoms with Crippen LogP contribution in [0.25, 0.3) is 0 Å². The van der Waals surface area contributed by atoms with Gasteiger partial charge in [0.25, 0.3) is 6.43 Å². The fourth-order valence-electron chi connectivity index (χ4n) is 1.20. The number of benzene rings is 1. The number of sulfonamides is 1. The number of nitrogens with one attached hydrogen (secondary N) is 2.